The standard InChI is InChI=1S/C21H29N3O4S/c1-17(25)24-16-11-21(20(26)22-12-5-6-13-22)10-15-23(14-9-19(21)24)29(27,28)18-7-3-2-4-8-18/h2-4,7-8,19H,5-6,9-16H2,1H3/t19-,21-/m0/s1. The van der Waals surface area contributed by atoms with Gasteiger partial charge < -0.3 is 9.80 Å². The van der Waals surface area contributed by atoms with Gasteiger partial charge in [-0.25, -0.2) is 8.42 Å². The third kappa shape index (κ3) is 3.46. The fourth-order valence-electron chi connectivity index (χ4n) is 5.32. The van der Waals surface area contributed by atoms with E-state index < -0.39 is 15.4 Å². The molecule has 8 heteroatoms. The number of nitrogens with zero attached hydrogens (tertiary/aromatic N) is 3. The Morgan fingerprint density at radius 2 is 1.62 bits per heavy atom. The van der Waals surface area contributed by atoms with Crippen molar-refractivity contribution in [2.24, 2.45) is 5.41 Å². The van der Waals surface area contributed by atoms with Crippen LogP contribution in [0.25, 0.3) is 0 Å². The van der Waals surface area contributed by atoms with Crippen molar-refractivity contribution in [1.29, 1.82) is 0 Å². The molecule has 0 radical (unpaired) electrons. The number of hydrogen-bond acceptors (Lipinski definition) is 4. The van der Waals surface area contributed by atoms with Crippen molar-refractivity contribution in [3.8, 4) is 0 Å². The molecular weight excluding hydrogens is 390 g/mol. The molecule has 0 saturated carbocycles. The monoisotopic (exact) mass is 419 g/mol. The number of benzene rings is 1. The molecule has 3 aliphatic heterocycles. The molecule has 0 aromatic heterocycles. The Kier molecular flexibility index (Phi) is 5.42. The first kappa shape index (κ1) is 20.3. The van der Waals surface area contributed by atoms with Crippen LogP contribution in [0.2, 0.25) is 0 Å². The molecule has 29 heavy (non-hydrogen) atoms. The Morgan fingerprint density at radius 3 is 2.28 bits per heavy atom. The molecule has 0 unspecified atom stereocenters. The van der Waals surface area contributed by atoms with Crippen molar-refractivity contribution in [3.63, 3.8) is 0 Å². The number of amides is 2. The van der Waals surface area contributed by atoms with Crippen LogP contribution in [0.4, 0.5) is 0 Å². The second kappa shape index (κ2) is 7.72. The molecule has 2 amide bonds. The number of hydrogen-bond donors (Lipinski definition) is 0. The van der Waals surface area contributed by atoms with Crippen molar-refractivity contribution in [2.45, 2.75) is 50.0 Å². The highest BCUT2D eigenvalue weighted by atomic mass is 32.2. The van der Waals surface area contributed by atoms with Crippen LogP contribution >= 0.6 is 0 Å². The fourth-order valence-corrected chi connectivity index (χ4v) is 6.79. The summed E-state index contributed by atoms with van der Waals surface area (Å²) in [6.07, 6.45) is 3.59. The summed E-state index contributed by atoms with van der Waals surface area (Å²) in [5.74, 6) is 0.0770. The van der Waals surface area contributed by atoms with Gasteiger partial charge in [0, 0.05) is 45.7 Å². The number of fused-ring (bicyclic) bond motifs is 1. The Balaban J connectivity index is 1.65. The highest BCUT2D eigenvalue weighted by molar-refractivity contribution is 7.89. The average Bonchev–Trinajstić information content (AvgIpc) is 3.33. The van der Waals surface area contributed by atoms with Crippen LogP contribution in [0.1, 0.15) is 39.0 Å². The zero-order valence-corrected chi connectivity index (χ0v) is 17.7. The Morgan fingerprint density at radius 1 is 0.966 bits per heavy atom. The second-order valence-electron chi connectivity index (χ2n) is 8.39. The van der Waals surface area contributed by atoms with Crippen LogP contribution in [0.5, 0.6) is 0 Å². The minimum absolute atomic E-state index is 0.0366. The van der Waals surface area contributed by atoms with E-state index in [1.807, 2.05) is 4.90 Å². The number of carbonyl (C=O) groups excluding carboxylic acids is 2. The summed E-state index contributed by atoms with van der Waals surface area (Å²) in [6.45, 7) is 4.27. The summed E-state index contributed by atoms with van der Waals surface area (Å²) in [6, 6.07) is 8.21. The minimum Gasteiger partial charge on any atom is -0.342 e. The van der Waals surface area contributed by atoms with Crippen LogP contribution in [0.15, 0.2) is 35.2 Å². The van der Waals surface area contributed by atoms with Gasteiger partial charge in [-0.15, -0.1) is 0 Å². The van der Waals surface area contributed by atoms with Gasteiger partial charge in [0.2, 0.25) is 21.8 Å². The SMILES string of the molecule is CC(=O)N1CC[C@@]2(C(=O)N3CCCC3)CCN(S(=O)(=O)c3ccccc3)CC[C@H]12. The number of carbonyl (C=O) groups is 2. The van der Waals surface area contributed by atoms with Gasteiger partial charge >= 0.3 is 0 Å². The molecule has 4 rings (SSSR count). The molecule has 158 valence electrons. The fraction of sp³-hybridized carbons (Fsp3) is 0.619. The quantitative estimate of drug-likeness (QED) is 0.747. The van der Waals surface area contributed by atoms with Crippen LogP contribution in [-0.2, 0) is 19.6 Å². The van der Waals surface area contributed by atoms with Gasteiger partial charge in [-0.3, -0.25) is 9.59 Å². The Hall–Kier alpha value is -1.93. The van der Waals surface area contributed by atoms with E-state index in [2.05, 4.69) is 0 Å². The van der Waals surface area contributed by atoms with Gasteiger partial charge in [0.25, 0.3) is 0 Å². The summed E-state index contributed by atoms with van der Waals surface area (Å²) in [7, 11) is -3.62. The van der Waals surface area contributed by atoms with Crippen LogP contribution in [0, 0.1) is 5.41 Å². The van der Waals surface area contributed by atoms with E-state index in [1.165, 1.54) is 4.31 Å². The molecule has 3 aliphatic rings. The van der Waals surface area contributed by atoms with Crippen LogP contribution in [-0.4, -0.2) is 73.1 Å². The highest BCUT2D eigenvalue weighted by Gasteiger charge is 2.56. The zero-order chi connectivity index (χ0) is 20.6. The highest BCUT2D eigenvalue weighted by Crippen LogP contribution is 2.46. The number of sulfonamides is 1. The van der Waals surface area contributed by atoms with Gasteiger partial charge in [0.05, 0.1) is 10.3 Å². The number of rotatable bonds is 3. The van der Waals surface area contributed by atoms with Gasteiger partial charge in [0.15, 0.2) is 0 Å². The Labute approximate surface area is 172 Å². The molecular formula is C21H29N3O4S. The summed E-state index contributed by atoms with van der Waals surface area (Å²) in [4.78, 5) is 29.8. The van der Waals surface area contributed by atoms with Crippen LogP contribution < -0.4 is 0 Å². The first-order valence-electron chi connectivity index (χ1n) is 10.5. The van der Waals surface area contributed by atoms with Gasteiger partial charge in [0.1, 0.15) is 0 Å². The van der Waals surface area contributed by atoms with Gasteiger partial charge in [-0.2, -0.15) is 4.31 Å². The molecule has 2 atom stereocenters. The lowest BCUT2D eigenvalue weighted by Crippen LogP contribution is -2.51. The van der Waals surface area contributed by atoms with Crippen LogP contribution in [0.3, 0.4) is 0 Å². The van der Waals surface area contributed by atoms with Crippen molar-refractivity contribution < 1.29 is 18.0 Å². The molecule has 0 N–H and O–H groups in total. The first-order valence-corrected chi connectivity index (χ1v) is 11.9. The van der Waals surface area contributed by atoms with E-state index in [0.29, 0.717) is 38.9 Å². The number of likely N-dealkylation sites (tertiary alicyclic amines) is 2. The van der Waals surface area contributed by atoms with Crippen molar-refractivity contribution in [1.82, 2.24) is 14.1 Å². The molecule has 0 aliphatic carbocycles. The predicted octanol–water partition coefficient (Wildman–Crippen LogP) is 1.70. The lowest BCUT2D eigenvalue weighted by molar-refractivity contribution is -0.144. The maximum absolute atomic E-state index is 13.6. The lowest BCUT2D eigenvalue weighted by Gasteiger charge is -2.37. The normalized spacial score (nSPS) is 28.2. The Bertz CT molecular complexity index is 882. The minimum atomic E-state index is -3.62. The second-order valence-corrected chi connectivity index (χ2v) is 10.3. The van der Waals surface area contributed by atoms with E-state index >= 15 is 0 Å². The van der Waals surface area contributed by atoms with E-state index in [-0.39, 0.29) is 22.8 Å². The van der Waals surface area contributed by atoms with Gasteiger partial charge in [-0.1, -0.05) is 18.2 Å². The summed E-state index contributed by atoms with van der Waals surface area (Å²) in [5.41, 5.74) is -0.670. The van der Waals surface area contributed by atoms with E-state index in [9.17, 15) is 18.0 Å². The lowest BCUT2D eigenvalue weighted by atomic mass is 9.75. The molecule has 3 saturated heterocycles. The van der Waals surface area contributed by atoms with Crippen molar-refractivity contribution in [2.75, 3.05) is 32.7 Å². The summed E-state index contributed by atoms with van der Waals surface area (Å²) < 4.78 is 27.8. The molecule has 1 aromatic carbocycles. The van der Waals surface area contributed by atoms with Crippen molar-refractivity contribution in [3.05, 3.63) is 30.3 Å². The van der Waals surface area contributed by atoms with Gasteiger partial charge in [-0.05, 0) is 44.2 Å². The summed E-state index contributed by atoms with van der Waals surface area (Å²) >= 11 is 0. The zero-order valence-electron chi connectivity index (χ0n) is 16.9. The largest absolute Gasteiger partial charge is 0.342 e. The maximum Gasteiger partial charge on any atom is 0.243 e. The van der Waals surface area contributed by atoms with Crippen molar-refractivity contribution >= 4 is 21.8 Å². The third-order valence-electron chi connectivity index (χ3n) is 6.88. The smallest absolute Gasteiger partial charge is 0.243 e. The summed E-state index contributed by atoms with van der Waals surface area (Å²) in [5, 5.41) is 0. The molecule has 7 nitrogen and oxygen atoms in total. The third-order valence-corrected chi connectivity index (χ3v) is 8.79. The molecule has 0 bridgehead atoms. The maximum atomic E-state index is 13.6. The molecule has 3 fully saturated rings. The first-order chi connectivity index (χ1) is 13.9. The predicted molar refractivity (Wildman–Crippen MR) is 108 cm³/mol. The average molecular weight is 420 g/mol. The van der Waals surface area contributed by atoms with E-state index in [1.54, 1.807) is 42.2 Å². The van der Waals surface area contributed by atoms with E-state index in [4.69, 9.17) is 0 Å². The topological polar surface area (TPSA) is 78.0 Å². The molecule has 0 spiro atoms. The molecule has 3 heterocycles. The molecule has 1 aromatic rings. The van der Waals surface area contributed by atoms with E-state index in [0.717, 1.165) is 25.9 Å².